The molecule has 2 unspecified atom stereocenters. The van der Waals surface area contributed by atoms with Crippen LogP contribution in [0.25, 0.3) is 0 Å². The highest BCUT2D eigenvalue weighted by atomic mass is 32.2. The first-order valence-corrected chi connectivity index (χ1v) is 6.71. The van der Waals surface area contributed by atoms with Crippen molar-refractivity contribution >= 4 is 11.8 Å². The fraction of sp³-hybridized carbons (Fsp3) is 0.538. The molecule has 0 bridgehead atoms. The van der Waals surface area contributed by atoms with Crippen molar-refractivity contribution in [3.63, 3.8) is 0 Å². The van der Waals surface area contributed by atoms with E-state index in [0.717, 1.165) is 17.9 Å². The Morgan fingerprint density at radius 1 is 1.31 bits per heavy atom. The SMILES string of the molecule is CCNC(CC)C(C)Sc1ccccc1F. The van der Waals surface area contributed by atoms with Crippen LogP contribution in [0.5, 0.6) is 0 Å². The maximum atomic E-state index is 13.5. The highest BCUT2D eigenvalue weighted by Gasteiger charge is 2.16. The summed E-state index contributed by atoms with van der Waals surface area (Å²) >= 11 is 1.61. The van der Waals surface area contributed by atoms with Gasteiger partial charge in [-0.15, -0.1) is 11.8 Å². The number of hydrogen-bond acceptors (Lipinski definition) is 2. The highest BCUT2D eigenvalue weighted by Crippen LogP contribution is 2.28. The molecule has 0 saturated carbocycles. The van der Waals surface area contributed by atoms with Gasteiger partial charge < -0.3 is 5.32 Å². The van der Waals surface area contributed by atoms with Gasteiger partial charge in [0, 0.05) is 16.2 Å². The van der Waals surface area contributed by atoms with E-state index in [1.807, 2.05) is 12.1 Å². The lowest BCUT2D eigenvalue weighted by atomic mass is 10.2. The molecule has 1 rings (SSSR count). The summed E-state index contributed by atoms with van der Waals surface area (Å²) in [6.45, 7) is 7.36. The third kappa shape index (κ3) is 3.80. The largest absolute Gasteiger partial charge is 0.313 e. The number of hydrogen-bond donors (Lipinski definition) is 1. The van der Waals surface area contributed by atoms with Crippen molar-refractivity contribution < 1.29 is 4.39 Å². The number of nitrogens with one attached hydrogen (secondary N) is 1. The normalized spacial score (nSPS) is 14.8. The summed E-state index contributed by atoms with van der Waals surface area (Å²) in [6.07, 6.45) is 1.07. The van der Waals surface area contributed by atoms with Gasteiger partial charge in [0.15, 0.2) is 0 Å². The third-order valence-corrected chi connectivity index (χ3v) is 3.91. The minimum Gasteiger partial charge on any atom is -0.313 e. The topological polar surface area (TPSA) is 12.0 Å². The van der Waals surface area contributed by atoms with Crippen LogP contribution < -0.4 is 5.32 Å². The van der Waals surface area contributed by atoms with E-state index in [1.54, 1.807) is 17.8 Å². The van der Waals surface area contributed by atoms with Crippen LogP contribution in [0.3, 0.4) is 0 Å². The van der Waals surface area contributed by atoms with E-state index in [9.17, 15) is 4.39 Å². The lowest BCUT2D eigenvalue weighted by molar-refractivity contribution is 0.508. The number of thioether (sulfide) groups is 1. The van der Waals surface area contributed by atoms with Crippen LogP contribution in [-0.4, -0.2) is 17.8 Å². The maximum Gasteiger partial charge on any atom is 0.136 e. The Labute approximate surface area is 102 Å². The Hall–Kier alpha value is -0.540. The van der Waals surface area contributed by atoms with Crippen LogP contribution in [0.15, 0.2) is 29.2 Å². The molecule has 0 aliphatic heterocycles. The predicted molar refractivity (Wildman–Crippen MR) is 69.5 cm³/mol. The molecule has 3 heteroatoms. The Balaban J connectivity index is 2.62. The molecule has 0 spiro atoms. The van der Waals surface area contributed by atoms with Gasteiger partial charge in [-0.3, -0.25) is 0 Å². The van der Waals surface area contributed by atoms with Crippen LogP contribution in [0.1, 0.15) is 27.2 Å². The summed E-state index contributed by atoms with van der Waals surface area (Å²) in [5, 5.41) is 3.81. The molecule has 0 radical (unpaired) electrons. The monoisotopic (exact) mass is 241 g/mol. The van der Waals surface area contributed by atoms with E-state index in [0.29, 0.717) is 11.3 Å². The lowest BCUT2D eigenvalue weighted by Gasteiger charge is -2.23. The second-order valence-electron chi connectivity index (χ2n) is 3.83. The standard InChI is InChI=1S/C13H20FNS/c1-4-12(15-5-2)10(3)16-13-9-7-6-8-11(13)14/h6-10,12,15H,4-5H2,1-3H3. The van der Waals surface area contributed by atoms with E-state index < -0.39 is 0 Å². The third-order valence-electron chi connectivity index (χ3n) is 2.62. The van der Waals surface area contributed by atoms with Gasteiger partial charge in [-0.2, -0.15) is 0 Å². The molecular formula is C13H20FNS. The molecule has 0 heterocycles. The Morgan fingerprint density at radius 2 is 2.00 bits per heavy atom. The summed E-state index contributed by atoms with van der Waals surface area (Å²) in [7, 11) is 0. The first-order chi connectivity index (χ1) is 7.69. The summed E-state index contributed by atoms with van der Waals surface area (Å²) in [5.74, 6) is -0.120. The fourth-order valence-corrected chi connectivity index (χ4v) is 2.92. The van der Waals surface area contributed by atoms with Crippen molar-refractivity contribution in [1.82, 2.24) is 5.32 Å². The molecule has 0 aliphatic carbocycles. The van der Waals surface area contributed by atoms with Gasteiger partial charge in [-0.25, -0.2) is 4.39 Å². The van der Waals surface area contributed by atoms with Crippen LogP contribution in [0, 0.1) is 5.82 Å². The van der Waals surface area contributed by atoms with E-state index in [2.05, 4.69) is 26.1 Å². The molecule has 0 aromatic heterocycles. The zero-order valence-corrected chi connectivity index (χ0v) is 11.0. The van der Waals surface area contributed by atoms with Crippen LogP contribution in [0.2, 0.25) is 0 Å². The highest BCUT2D eigenvalue weighted by molar-refractivity contribution is 8.00. The molecule has 0 fully saturated rings. The summed E-state index contributed by atoms with van der Waals surface area (Å²) in [6, 6.07) is 7.41. The smallest absolute Gasteiger partial charge is 0.136 e. The second-order valence-corrected chi connectivity index (χ2v) is 5.24. The molecule has 0 amide bonds. The van der Waals surface area contributed by atoms with Gasteiger partial charge in [0.1, 0.15) is 5.82 Å². The molecule has 1 N–H and O–H groups in total. The number of halogens is 1. The first-order valence-electron chi connectivity index (χ1n) is 5.83. The zero-order chi connectivity index (χ0) is 12.0. The Kier molecular flexibility index (Phi) is 5.85. The number of benzene rings is 1. The van der Waals surface area contributed by atoms with Crippen molar-refractivity contribution in [3.8, 4) is 0 Å². The predicted octanol–water partition coefficient (Wildman–Crippen LogP) is 3.69. The Bertz CT molecular complexity index is 317. The molecular weight excluding hydrogens is 221 g/mol. The molecule has 0 saturated heterocycles. The molecule has 1 nitrogen and oxygen atoms in total. The lowest BCUT2D eigenvalue weighted by Crippen LogP contribution is -2.35. The van der Waals surface area contributed by atoms with Crippen molar-refractivity contribution in [2.24, 2.45) is 0 Å². The maximum absolute atomic E-state index is 13.5. The minimum absolute atomic E-state index is 0.120. The van der Waals surface area contributed by atoms with Gasteiger partial charge in [-0.1, -0.05) is 32.9 Å². The minimum atomic E-state index is -0.120. The molecule has 0 aliphatic rings. The average molecular weight is 241 g/mol. The Morgan fingerprint density at radius 3 is 2.56 bits per heavy atom. The van der Waals surface area contributed by atoms with E-state index >= 15 is 0 Å². The zero-order valence-electron chi connectivity index (χ0n) is 10.2. The van der Waals surface area contributed by atoms with Crippen molar-refractivity contribution in [1.29, 1.82) is 0 Å². The molecule has 16 heavy (non-hydrogen) atoms. The van der Waals surface area contributed by atoms with E-state index in [4.69, 9.17) is 0 Å². The van der Waals surface area contributed by atoms with E-state index in [-0.39, 0.29) is 5.82 Å². The average Bonchev–Trinajstić information content (AvgIpc) is 2.29. The molecule has 1 aromatic rings. The number of rotatable bonds is 6. The summed E-state index contributed by atoms with van der Waals surface area (Å²) in [5.41, 5.74) is 0. The van der Waals surface area contributed by atoms with Crippen LogP contribution in [-0.2, 0) is 0 Å². The quantitative estimate of drug-likeness (QED) is 0.762. The van der Waals surface area contributed by atoms with Crippen molar-refractivity contribution in [2.45, 2.75) is 43.4 Å². The van der Waals surface area contributed by atoms with Gasteiger partial charge in [0.05, 0.1) is 0 Å². The first kappa shape index (κ1) is 13.5. The van der Waals surface area contributed by atoms with Gasteiger partial charge in [0.25, 0.3) is 0 Å². The van der Waals surface area contributed by atoms with Gasteiger partial charge >= 0.3 is 0 Å². The van der Waals surface area contributed by atoms with Crippen LogP contribution >= 0.6 is 11.8 Å². The summed E-state index contributed by atoms with van der Waals surface area (Å²) < 4.78 is 13.5. The van der Waals surface area contributed by atoms with Crippen molar-refractivity contribution in [2.75, 3.05) is 6.54 Å². The molecule has 2 atom stereocenters. The summed E-state index contributed by atoms with van der Waals surface area (Å²) in [4.78, 5) is 0.742. The second kappa shape index (κ2) is 6.92. The molecule has 1 aromatic carbocycles. The molecule has 90 valence electrons. The van der Waals surface area contributed by atoms with Gasteiger partial charge in [-0.05, 0) is 25.1 Å². The fourth-order valence-electron chi connectivity index (χ4n) is 1.73. The van der Waals surface area contributed by atoms with Crippen molar-refractivity contribution in [3.05, 3.63) is 30.1 Å². The van der Waals surface area contributed by atoms with Crippen LogP contribution in [0.4, 0.5) is 4.39 Å². The van der Waals surface area contributed by atoms with Gasteiger partial charge in [0.2, 0.25) is 0 Å². The van der Waals surface area contributed by atoms with E-state index in [1.165, 1.54) is 6.07 Å².